The smallest absolute Gasteiger partial charge is 0.312 e. The molecule has 1 aromatic rings. The summed E-state index contributed by atoms with van der Waals surface area (Å²) in [5.74, 6) is -2.52. The number of rotatable bonds is 14. The molecule has 2 bridgehead atoms. The van der Waals surface area contributed by atoms with Gasteiger partial charge < -0.3 is 24.4 Å². The van der Waals surface area contributed by atoms with Crippen LogP contribution in [0.25, 0.3) is 0 Å². The Balaban J connectivity index is 1.71. The van der Waals surface area contributed by atoms with E-state index in [1.807, 2.05) is 19.1 Å². The van der Waals surface area contributed by atoms with Gasteiger partial charge in [-0.2, -0.15) is 0 Å². The van der Waals surface area contributed by atoms with Crippen LogP contribution in [0.1, 0.15) is 50.5 Å². The van der Waals surface area contributed by atoms with Crippen LogP contribution >= 0.6 is 11.6 Å². The lowest BCUT2D eigenvalue weighted by Crippen LogP contribution is -2.56. The zero-order valence-electron chi connectivity index (χ0n) is 22.6. The van der Waals surface area contributed by atoms with Crippen molar-refractivity contribution in [3.63, 3.8) is 0 Å². The number of fused-ring (bicyclic) bond motifs is 1. The molecule has 0 aliphatic carbocycles. The monoisotopic (exact) mass is 558 g/mol. The highest BCUT2D eigenvalue weighted by atomic mass is 35.5. The average Bonchev–Trinajstić information content (AvgIpc) is 3.55. The number of likely N-dealkylation sites (tertiary alicyclic amines) is 1. The summed E-state index contributed by atoms with van der Waals surface area (Å²) < 4.78 is 12.0. The second-order valence-electron chi connectivity index (χ2n) is 10.6. The number of unbranched alkanes of at least 4 members (excludes halogenated alkanes) is 3. The molecule has 39 heavy (non-hydrogen) atoms. The molecule has 3 fully saturated rings. The van der Waals surface area contributed by atoms with Gasteiger partial charge in [0.05, 0.1) is 35.3 Å². The molecule has 2 unspecified atom stereocenters. The summed E-state index contributed by atoms with van der Waals surface area (Å²) in [5.41, 5.74) is 0.291. The minimum Gasteiger partial charge on any atom is -0.465 e. The summed E-state index contributed by atoms with van der Waals surface area (Å²) in [7, 11) is 0. The summed E-state index contributed by atoms with van der Waals surface area (Å²) in [6, 6.07) is 4.55. The first-order chi connectivity index (χ1) is 18.8. The molecule has 3 aliphatic heterocycles. The lowest BCUT2D eigenvalue weighted by molar-refractivity contribution is -0.155. The number of aryl methyl sites for hydroxylation is 1. The third kappa shape index (κ3) is 5.39. The largest absolute Gasteiger partial charge is 0.465 e. The average molecular weight is 559 g/mol. The van der Waals surface area contributed by atoms with Crippen molar-refractivity contribution >= 4 is 35.1 Å². The second kappa shape index (κ2) is 12.7. The summed E-state index contributed by atoms with van der Waals surface area (Å²) >= 11 is 6.59. The summed E-state index contributed by atoms with van der Waals surface area (Å²) in [6.07, 6.45) is 7.42. The highest BCUT2D eigenvalue weighted by Crippen LogP contribution is 2.59. The van der Waals surface area contributed by atoms with Crippen molar-refractivity contribution in [1.29, 1.82) is 0 Å². The second-order valence-corrected chi connectivity index (χ2v) is 11.0. The van der Waals surface area contributed by atoms with Crippen molar-refractivity contribution in [1.82, 2.24) is 4.90 Å². The Labute approximate surface area is 235 Å². The minimum absolute atomic E-state index is 0.119. The molecule has 0 aromatic heterocycles. The maximum atomic E-state index is 14.5. The zero-order valence-corrected chi connectivity index (χ0v) is 23.4. The molecule has 4 rings (SSSR count). The van der Waals surface area contributed by atoms with Crippen molar-refractivity contribution in [2.24, 2.45) is 11.8 Å². The molecule has 1 spiro atoms. The number of nitrogens with zero attached hydrogens (tertiary/aromatic N) is 2. The number of carbonyl (C=O) groups excluding carboxylic acids is 3. The number of halogens is 1. The van der Waals surface area contributed by atoms with E-state index < -0.39 is 35.6 Å². The third-order valence-corrected chi connectivity index (χ3v) is 8.52. The summed E-state index contributed by atoms with van der Waals surface area (Å²) in [6.45, 7) is 10.3. The molecule has 2 amide bonds. The quantitative estimate of drug-likeness (QED) is 0.209. The van der Waals surface area contributed by atoms with Gasteiger partial charge in [0.25, 0.3) is 5.91 Å². The minimum atomic E-state index is -1.11. The van der Waals surface area contributed by atoms with E-state index in [9.17, 15) is 14.4 Å². The van der Waals surface area contributed by atoms with Gasteiger partial charge in [0.1, 0.15) is 11.6 Å². The van der Waals surface area contributed by atoms with Crippen LogP contribution in [0.2, 0.25) is 5.02 Å². The first kappa shape index (κ1) is 29.3. The van der Waals surface area contributed by atoms with Crippen LogP contribution in [-0.2, 0) is 23.9 Å². The number of benzene rings is 1. The Morgan fingerprint density at radius 3 is 2.72 bits per heavy atom. The molecule has 0 radical (unpaired) electrons. The predicted molar refractivity (Wildman–Crippen MR) is 149 cm³/mol. The Morgan fingerprint density at radius 2 is 2.03 bits per heavy atom. The first-order valence-corrected chi connectivity index (χ1v) is 14.2. The van der Waals surface area contributed by atoms with Crippen LogP contribution in [0.15, 0.2) is 43.5 Å². The normalized spacial score (nSPS) is 26.9. The van der Waals surface area contributed by atoms with Gasteiger partial charge in [-0.05, 0) is 50.7 Å². The Hall–Kier alpha value is -2.68. The van der Waals surface area contributed by atoms with Crippen molar-refractivity contribution in [2.45, 2.75) is 69.6 Å². The molecule has 1 N–H and O–H groups in total. The molecule has 8 nitrogen and oxygen atoms in total. The van der Waals surface area contributed by atoms with Gasteiger partial charge in [0.2, 0.25) is 5.91 Å². The summed E-state index contributed by atoms with van der Waals surface area (Å²) in [5, 5.41) is 9.57. The number of para-hydroxylation sites is 1. The Kier molecular flexibility index (Phi) is 9.51. The molecule has 9 heteroatoms. The molecule has 0 saturated carbocycles. The number of ether oxygens (including phenoxy) is 2. The number of aliphatic hydroxyl groups is 1. The first-order valence-electron chi connectivity index (χ1n) is 13.9. The van der Waals surface area contributed by atoms with Crippen LogP contribution in [0, 0.1) is 18.8 Å². The summed E-state index contributed by atoms with van der Waals surface area (Å²) in [4.78, 5) is 45.0. The molecule has 212 valence electrons. The topological polar surface area (TPSA) is 96.4 Å². The fraction of sp³-hybridized carbons (Fsp3) is 0.567. The van der Waals surface area contributed by atoms with E-state index in [4.69, 9.17) is 26.2 Å². The van der Waals surface area contributed by atoms with E-state index in [1.165, 1.54) is 0 Å². The van der Waals surface area contributed by atoms with Crippen LogP contribution in [0.3, 0.4) is 0 Å². The molecule has 3 saturated heterocycles. The number of anilines is 1. The van der Waals surface area contributed by atoms with E-state index in [2.05, 4.69) is 13.2 Å². The predicted octanol–water partition coefficient (Wildman–Crippen LogP) is 4.21. The van der Waals surface area contributed by atoms with Gasteiger partial charge in [0, 0.05) is 19.7 Å². The standard InChI is InChI=1S/C30H39ClN2O6/c1-4-6-19-38-29(37)23-22-14-15-30(39-22)24(23)27(35)33(17-9-7-8-10-18-34)26(30)28(36)32(16-5-2)25-20(3)12-11-13-21(25)31/h4-5,11-13,22-24,26,34H,1-2,6-10,14-19H2,3H3/t22-,23+,24-,26?,30?/m0/s1. The van der Waals surface area contributed by atoms with Crippen LogP contribution in [0.4, 0.5) is 5.69 Å². The van der Waals surface area contributed by atoms with Crippen LogP contribution in [0.5, 0.6) is 0 Å². The zero-order chi connectivity index (χ0) is 28.2. The highest BCUT2D eigenvalue weighted by Gasteiger charge is 2.75. The van der Waals surface area contributed by atoms with Crippen molar-refractivity contribution in [3.8, 4) is 0 Å². The van der Waals surface area contributed by atoms with Crippen LogP contribution < -0.4 is 4.90 Å². The number of esters is 1. The molecule has 3 aliphatic rings. The maximum Gasteiger partial charge on any atom is 0.312 e. The fourth-order valence-electron chi connectivity index (χ4n) is 6.56. The van der Waals surface area contributed by atoms with Gasteiger partial charge in [-0.25, -0.2) is 0 Å². The van der Waals surface area contributed by atoms with Gasteiger partial charge in [-0.15, -0.1) is 13.2 Å². The number of aliphatic hydroxyl groups excluding tert-OH is 1. The lowest BCUT2D eigenvalue weighted by atomic mass is 9.70. The maximum absolute atomic E-state index is 14.5. The fourth-order valence-corrected chi connectivity index (χ4v) is 6.88. The lowest BCUT2D eigenvalue weighted by Gasteiger charge is -2.37. The van der Waals surface area contributed by atoms with Gasteiger partial charge >= 0.3 is 5.97 Å². The Morgan fingerprint density at radius 1 is 1.26 bits per heavy atom. The van der Waals surface area contributed by atoms with E-state index in [-0.39, 0.29) is 31.6 Å². The van der Waals surface area contributed by atoms with Gasteiger partial charge in [-0.3, -0.25) is 14.4 Å². The van der Waals surface area contributed by atoms with Crippen molar-refractivity contribution < 1.29 is 29.0 Å². The van der Waals surface area contributed by atoms with Crippen LogP contribution in [-0.4, -0.2) is 71.8 Å². The Bertz CT molecular complexity index is 1090. The van der Waals surface area contributed by atoms with E-state index >= 15 is 0 Å². The van der Waals surface area contributed by atoms with E-state index in [0.717, 1.165) is 18.4 Å². The SMILES string of the molecule is C=CCCOC(=O)[C@@H]1[C@@H]2CCC3(O2)C(C(=O)N(CC=C)c2c(C)cccc2Cl)N(CCCCCCO)C(=O)[C@H]13. The van der Waals surface area contributed by atoms with Crippen molar-refractivity contribution in [2.75, 3.05) is 31.2 Å². The number of amides is 2. The van der Waals surface area contributed by atoms with E-state index in [1.54, 1.807) is 28.0 Å². The van der Waals surface area contributed by atoms with Gasteiger partial charge in [0.15, 0.2) is 0 Å². The molecular weight excluding hydrogens is 520 g/mol. The third-order valence-electron chi connectivity index (χ3n) is 8.22. The van der Waals surface area contributed by atoms with Crippen molar-refractivity contribution in [3.05, 3.63) is 54.1 Å². The number of hydrogen-bond donors (Lipinski definition) is 1. The molecule has 5 atom stereocenters. The molecule has 3 heterocycles. The highest BCUT2D eigenvalue weighted by molar-refractivity contribution is 6.34. The van der Waals surface area contributed by atoms with Gasteiger partial charge in [-0.1, -0.05) is 48.7 Å². The van der Waals surface area contributed by atoms with E-state index in [0.29, 0.717) is 49.4 Å². The molecular formula is C30H39ClN2O6. The molecule has 1 aromatic carbocycles. The number of hydrogen-bond acceptors (Lipinski definition) is 6. The number of carbonyl (C=O) groups is 3.